The number of aliphatic hydroxyl groups is 1. The Morgan fingerprint density at radius 3 is 2.35 bits per heavy atom. The van der Waals surface area contributed by atoms with Gasteiger partial charge in [0.2, 0.25) is 0 Å². The highest BCUT2D eigenvalue weighted by Gasteiger charge is 2.10. The van der Waals surface area contributed by atoms with Crippen molar-refractivity contribution in [2.45, 2.75) is 6.42 Å². The van der Waals surface area contributed by atoms with Gasteiger partial charge in [0.1, 0.15) is 0 Å². The summed E-state index contributed by atoms with van der Waals surface area (Å²) < 4.78 is 0.877. The molecule has 2 aromatic carbocycles. The molecule has 0 heterocycles. The molecular formula is C17H17IN2O3. The van der Waals surface area contributed by atoms with Gasteiger partial charge in [-0.15, -0.1) is 0 Å². The summed E-state index contributed by atoms with van der Waals surface area (Å²) in [6, 6.07) is 14.0. The van der Waals surface area contributed by atoms with Gasteiger partial charge in [0, 0.05) is 28.0 Å². The van der Waals surface area contributed by atoms with E-state index in [4.69, 9.17) is 5.11 Å². The van der Waals surface area contributed by atoms with Crippen molar-refractivity contribution in [2.75, 3.05) is 18.5 Å². The summed E-state index contributed by atoms with van der Waals surface area (Å²) in [5.41, 5.74) is 1.75. The number of hydrogen-bond acceptors (Lipinski definition) is 3. The van der Waals surface area contributed by atoms with Gasteiger partial charge in [-0.3, -0.25) is 9.59 Å². The fourth-order valence-corrected chi connectivity index (χ4v) is 2.56. The quantitative estimate of drug-likeness (QED) is 0.493. The molecule has 5 nitrogen and oxygen atoms in total. The minimum atomic E-state index is -0.200. The summed E-state index contributed by atoms with van der Waals surface area (Å²) in [6.07, 6.45) is 0.523. The van der Waals surface area contributed by atoms with E-state index >= 15 is 0 Å². The second-order valence-electron chi connectivity index (χ2n) is 4.84. The average Bonchev–Trinajstić information content (AvgIpc) is 2.56. The molecule has 2 rings (SSSR count). The molecule has 0 aromatic heterocycles. The molecule has 0 radical (unpaired) electrons. The molecule has 0 fully saturated rings. The lowest BCUT2D eigenvalue weighted by Crippen LogP contribution is -2.25. The molecule has 2 aromatic rings. The van der Waals surface area contributed by atoms with E-state index in [1.165, 1.54) is 0 Å². The number of aliphatic hydroxyl groups excluding tert-OH is 1. The SMILES string of the molecule is O=C(NCCCO)c1ccc(NC(=O)c2ccccc2I)cc1. The van der Waals surface area contributed by atoms with Gasteiger partial charge in [0.15, 0.2) is 0 Å². The van der Waals surface area contributed by atoms with Crippen molar-refractivity contribution >= 4 is 40.1 Å². The zero-order valence-electron chi connectivity index (χ0n) is 12.4. The van der Waals surface area contributed by atoms with Crippen LogP contribution in [0.5, 0.6) is 0 Å². The highest BCUT2D eigenvalue weighted by molar-refractivity contribution is 14.1. The molecule has 0 atom stereocenters. The molecule has 3 N–H and O–H groups in total. The lowest BCUT2D eigenvalue weighted by molar-refractivity contribution is 0.0950. The molecule has 0 bridgehead atoms. The second-order valence-corrected chi connectivity index (χ2v) is 6.01. The minimum Gasteiger partial charge on any atom is -0.396 e. The summed E-state index contributed by atoms with van der Waals surface area (Å²) >= 11 is 2.12. The third-order valence-electron chi connectivity index (χ3n) is 3.14. The van der Waals surface area contributed by atoms with Crippen LogP contribution < -0.4 is 10.6 Å². The molecule has 120 valence electrons. The summed E-state index contributed by atoms with van der Waals surface area (Å²) in [7, 11) is 0. The Bertz CT molecular complexity index is 686. The molecule has 0 spiro atoms. The number of hydrogen-bond donors (Lipinski definition) is 3. The van der Waals surface area contributed by atoms with E-state index in [-0.39, 0.29) is 18.4 Å². The molecule has 0 saturated heterocycles. The summed E-state index contributed by atoms with van der Waals surface area (Å²) in [6.45, 7) is 0.476. The van der Waals surface area contributed by atoms with Gasteiger partial charge in [0.25, 0.3) is 11.8 Å². The number of nitrogens with one attached hydrogen (secondary N) is 2. The molecule has 2 amide bonds. The zero-order chi connectivity index (χ0) is 16.7. The molecule has 0 aliphatic carbocycles. The Morgan fingerprint density at radius 1 is 1.00 bits per heavy atom. The summed E-state index contributed by atoms with van der Waals surface area (Å²) in [5.74, 6) is -0.385. The van der Waals surface area contributed by atoms with E-state index in [1.807, 2.05) is 18.2 Å². The normalized spacial score (nSPS) is 10.2. The zero-order valence-corrected chi connectivity index (χ0v) is 14.5. The van der Waals surface area contributed by atoms with Gasteiger partial charge < -0.3 is 15.7 Å². The molecule has 6 heteroatoms. The number of carbonyl (C=O) groups is 2. The van der Waals surface area contributed by atoms with Crippen LogP contribution in [0, 0.1) is 3.57 Å². The maximum atomic E-state index is 12.2. The molecule has 0 aliphatic heterocycles. The Kier molecular flexibility index (Phi) is 6.54. The molecule has 0 aliphatic rings. The van der Waals surface area contributed by atoms with Crippen molar-refractivity contribution in [3.05, 3.63) is 63.2 Å². The van der Waals surface area contributed by atoms with Crippen LogP contribution >= 0.6 is 22.6 Å². The third-order valence-corrected chi connectivity index (χ3v) is 4.08. The maximum absolute atomic E-state index is 12.2. The highest BCUT2D eigenvalue weighted by Crippen LogP contribution is 2.15. The first kappa shape index (κ1) is 17.4. The van der Waals surface area contributed by atoms with E-state index in [0.29, 0.717) is 29.8 Å². The lowest BCUT2D eigenvalue weighted by atomic mass is 10.1. The van der Waals surface area contributed by atoms with Gasteiger partial charge in [-0.25, -0.2) is 0 Å². The lowest BCUT2D eigenvalue weighted by Gasteiger charge is -2.08. The first-order chi connectivity index (χ1) is 11.1. The van der Waals surface area contributed by atoms with Crippen molar-refractivity contribution in [1.82, 2.24) is 5.32 Å². The molecule has 0 unspecified atom stereocenters. The second kappa shape index (κ2) is 8.64. The van der Waals surface area contributed by atoms with Gasteiger partial charge in [-0.05, 0) is 65.4 Å². The van der Waals surface area contributed by atoms with Crippen molar-refractivity contribution in [3.63, 3.8) is 0 Å². The predicted octanol–water partition coefficient (Wildman–Crippen LogP) is 2.66. The van der Waals surface area contributed by atoms with E-state index in [1.54, 1.807) is 30.3 Å². The van der Waals surface area contributed by atoms with E-state index < -0.39 is 0 Å². The number of anilines is 1. The van der Waals surface area contributed by atoms with Gasteiger partial charge in [-0.1, -0.05) is 12.1 Å². The first-order valence-electron chi connectivity index (χ1n) is 7.17. The van der Waals surface area contributed by atoms with Gasteiger partial charge in [0.05, 0.1) is 5.56 Å². The number of halogens is 1. The van der Waals surface area contributed by atoms with Crippen molar-refractivity contribution in [1.29, 1.82) is 0 Å². The largest absolute Gasteiger partial charge is 0.396 e. The fraction of sp³-hybridized carbons (Fsp3) is 0.176. The van der Waals surface area contributed by atoms with E-state index in [9.17, 15) is 9.59 Å². The molecule has 0 saturated carbocycles. The molecule has 23 heavy (non-hydrogen) atoms. The standard InChI is InChI=1S/C17H17IN2O3/c18-15-5-2-1-4-14(15)17(23)20-13-8-6-12(7-9-13)16(22)19-10-3-11-21/h1-2,4-9,21H,3,10-11H2,(H,19,22)(H,20,23). The monoisotopic (exact) mass is 424 g/mol. The number of amides is 2. The maximum Gasteiger partial charge on any atom is 0.256 e. The minimum absolute atomic E-state index is 0.0452. The Balaban J connectivity index is 1.99. The fourth-order valence-electron chi connectivity index (χ4n) is 1.93. The van der Waals surface area contributed by atoms with Crippen molar-refractivity contribution < 1.29 is 14.7 Å². The topological polar surface area (TPSA) is 78.4 Å². The summed E-state index contributed by atoms with van der Waals surface area (Å²) in [4.78, 5) is 24.0. The van der Waals surface area contributed by atoms with E-state index in [2.05, 4.69) is 33.2 Å². The van der Waals surface area contributed by atoms with Gasteiger partial charge >= 0.3 is 0 Å². The van der Waals surface area contributed by atoms with E-state index in [0.717, 1.165) is 3.57 Å². The summed E-state index contributed by atoms with van der Waals surface area (Å²) in [5, 5.41) is 14.2. The van der Waals surface area contributed by atoms with Gasteiger partial charge in [-0.2, -0.15) is 0 Å². The predicted molar refractivity (Wildman–Crippen MR) is 97.6 cm³/mol. The Labute approximate surface area is 148 Å². The Hall–Kier alpha value is -1.93. The average molecular weight is 424 g/mol. The van der Waals surface area contributed by atoms with Crippen LogP contribution in [0.4, 0.5) is 5.69 Å². The van der Waals surface area contributed by atoms with Crippen LogP contribution in [0.1, 0.15) is 27.1 Å². The highest BCUT2D eigenvalue weighted by atomic mass is 127. The van der Waals surface area contributed by atoms with Crippen LogP contribution in [0.2, 0.25) is 0 Å². The smallest absolute Gasteiger partial charge is 0.256 e. The van der Waals surface area contributed by atoms with Crippen LogP contribution in [0.25, 0.3) is 0 Å². The number of benzene rings is 2. The van der Waals surface area contributed by atoms with Crippen LogP contribution in [0.15, 0.2) is 48.5 Å². The molecular weight excluding hydrogens is 407 g/mol. The third kappa shape index (κ3) is 5.04. The van der Waals surface area contributed by atoms with Crippen molar-refractivity contribution in [3.8, 4) is 0 Å². The van der Waals surface area contributed by atoms with Crippen LogP contribution in [-0.4, -0.2) is 30.1 Å². The van der Waals surface area contributed by atoms with Crippen LogP contribution in [0.3, 0.4) is 0 Å². The van der Waals surface area contributed by atoms with Crippen molar-refractivity contribution in [2.24, 2.45) is 0 Å². The first-order valence-corrected chi connectivity index (χ1v) is 8.24. The van der Waals surface area contributed by atoms with Crippen LogP contribution in [-0.2, 0) is 0 Å². The number of rotatable bonds is 6. The Morgan fingerprint density at radius 2 is 1.70 bits per heavy atom. The number of carbonyl (C=O) groups excluding carboxylic acids is 2.